The van der Waals surface area contributed by atoms with E-state index in [0.29, 0.717) is 77.8 Å². The number of unbranched alkanes of at least 4 members (excludes halogenated alkanes) is 2. The second-order valence-electron chi connectivity index (χ2n) is 11.9. The Morgan fingerprint density at radius 1 is 0.510 bits per heavy atom. The molecule has 17 nitrogen and oxygen atoms in total. The minimum Gasteiger partial charge on any atom is -0.508 e. The molecule has 0 spiro atoms. The smallest absolute Gasteiger partial charge is 0.336 e. The number of aromatic hydroxyl groups is 4. The van der Waals surface area contributed by atoms with Gasteiger partial charge in [0, 0.05) is 26.2 Å². The van der Waals surface area contributed by atoms with E-state index in [0.717, 1.165) is 0 Å². The van der Waals surface area contributed by atoms with Gasteiger partial charge in [-0.05, 0) is 101 Å². The van der Waals surface area contributed by atoms with Crippen LogP contribution in [0.3, 0.4) is 0 Å². The van der Waals surface area contributed by atoms with E-state index in [2.05, 4.69) is 31.9 Å². The molecule has 2 aromatic carbocycles. The molecule has 0 unspecified atom stereocenters. The number of phenolic OH excluding ortho intramolecular Hbond substituents is 4. The maximum absolute atomic E-state index is 12.3. The molecule has 2 aromatic rings. The Morgan fingerprint density at radius 2 is 0.863 bits per heavy atom. The molecule has 0 bridgehead atoms. The van der Waals surface area contributed by atoms with E-state index in [4.69, 9.17) is 0 Å². The van der Waals surface area contributed by atoms with E-state index in [-0.39, 0.29) is 47.2 Å². The average Bonchev–Trinajstić information content (AvgIpc) is 3.08. The SMILES string of the molecule is O=C(CC(O)(CC(=O)NCCCCNCCCNC(=O)c1cc(O)ccc1O)C(=O)O)NCCCCNCCCNC(=O)c1cc(O)ccc1O. The Morgan fingerprint density at radius 3 is 1.25 bits per heavy atom. The maximum Gasteiger partial charge on any atom is 0.336 e. The molecular weight excluding hydrogens is 668 g/mol. The zero-order valence-corrected chi connectivity index (χ0v) is 28.5. The van der Waals surface area contributed by atoms with Gasteiger partial charge in [-0.25, -0.2) is 4.79 Å². The standard InChI is InChI=1S/C34H50N6O11/c41-23-7-9-27(43)25(19-23)31(47)39-17-5-13-35-11-1-3-15-37-29(45)21-34(51,33(49)50)22-30(46)38-16-4-2-12-36-14-6-18-40-32(48)26-20-24(42)8-10-28(26)44/h7-10,19-20,35-36,41-44,51H,1-6,11-18,21-22H2,(H,37,45)(H,38,46)(H,39,47)(H,40,48)(H,49,50). The first-order valence-corrected chi connectivity index (χ1v) is 16.8. The molecule has 12 N–H and O–H groups in total. The van der Waals surface area contributed by atoms with E-state index < -0.39 is 48.0 Å². The van der Waals surface area contributed by atoms with Crippen molar-refractivity contribution in [3.05, 3.63) is 47.5 Å². The van der Waals surface area contributed by atoms with Crippen molar-refractivity contribution >= 4 is 29.6 Å². The molecule has 0 aliphatic rings. The van der Waals surface area contributed by atoms with Gasteiger partial charge in [0.15, 0.2) is 5.60 Å². The van der Waals surface area contributed by atoms with Gasteiger partial charge >= 0.3 is 5.97 Å². The van der Waals surface area contributed by atoms with Gasteiger partial charge < -0.3 is 62.5 Å². The minimum atomic E-state index is -2.55. The van der Waals surface area contributed by atoms with Crippen LogP contribution in [0, 0.1) is 0 Å². The summed E-state index contributed by atoms with van der Waals surface area (Å²) in [5.41, 5.74) is -2.58. The molecule has 0 aliphatic heterocycles. The van der Waals surface area contributed by atoms with E-state index in [1.54, 1.807) is 0 Å². The topological polar surface area (TPSA) is 279 Å². The Balaban J connectivity index is 1.48. The van der Waals surface area contributed by atoms with Crippen LogP contribution in [0.1, 0.15) is 72.1 Å². The quantitative estimate of drug-likeness (QED) is 0.0477. The molecule has 4 amide bonds. The zero-order valence-electron chi connectivity index (χ0n) is 28.5. The third-order valence-corrected chi connectivity index (χ3v) is 7.59. The largest absolute Gasteiger partial charge is 0.508 e. The van der Waals surface area contributed by atoms with Crippen LogP contribution in [-0.4, -0.2) is 118 Å². The third-order valence-electron chi connectivity index (χ3n) is 7.59. The Hall–Kier alpha value is -5.13. The second kappa shape index (κ2) is 22.6. The first kappa shape index (κ1) is 42.0. The van der Waals surface area contributed by atoms with Crippen molar-refractivity contribution in [2.45, 2.75) is 57.0 Å². The summed E-state index contributed by atoms with van der Waals surface area (Å²) in [6, 6.07) is 7.38. The minimum absolute atomic E-state index is 0.0151. The lowest BCUT2D eigenvalue weighted by Crippen LogP contribution is -2.47. The molecule has 51 heavy (non-hydrogen) atoms. The molecule has 0 aliphatic carbocycles. The van der Waals surface area contributed by atoms with Gasteiger partial charge in [-0.15, -0.1) is 0 Å². The fourth-order valence-electron chi connectivity index (χ4n) is 4.76. The summed E-state index contributed by atoms with van der Waals surface area (Å²) in [6.45, 7) is 3.65. The molecule has 0 atom stereocenters. The summed E-state index contributed by atoms with van der Waals surface area (Å²) < 4.78 is 0. The van der Waals surface area contributed by atoms with E-state index in [1.165, 1.54) is 36.4 Å². The van der Waals surface area contributed by atoms with Crippen LogP contribution in [0.5, 0.6) is 23.0 Å². The van der Waals surface area contributed by atoms with Crippen LogP contribution in [0.2, 0.25) is 0 Å². The van der Waals surface area contributed by atoms with Crippen LogP contribution in [-0.2, 0) is 14.4 Å². The first-order valence-electron chi connectivity index (χ1n) is 16.8. The number of amides is 4. The first-order chi connectivity index (χ1) is 24.3. The number of carboxylic acid groups (broad SMARTS) is 1. The maximum atomic E-state index is 12.3. The molecule has 0 radical (unpaired) electrons. The van der Waals surface area contributed by atoms with Gasteiger partial charge in [-0.3, -0.25) is 19.2 Å². The van der Waals surface area contributed by atoms with Crippen molar-refractivity contribution in [3.8, 4) is 23.0 Å². The van der Waals surface area contributed by atoms with Crippen molar-refractivity contribution in [1.29, 1.82) is 0 Å². The lowest BCUT2D eigenvalue weighted by atomic mass is 9.94. The van der Waals surface area contributed by atoms with Crippen LogP contribution in [0.4, 0.5) is 0 Å². The Bertz CT molecular complexity index is 1360. The summed E-state index contributed by atoms with van der Waals surface area (Å²) in [5.74, 6) is -4.78. The number of carboxylic acids is 1. The van der Waals surface area contributed by atoms with Crippen LogP contribution < -0.4 is 31.9 Å². The summed E-state index contributed by atoms with van der Waals surface area (Å²) >= 11 is 0. The van der Waals surface area contributed by atoms with E-state index in [1.807, 2.05) is 0 Å². The highest BCUT2D eigenvalue weighted by atomic mass is 16.4. The number of nitrogens with one attached hydrogen (secondary N) is 6. The molecule has 0 saturated heterocycles. The van der Waals surface area contributed by atoms with Gasteiger partial charge in [0.05, 0.1) is 24.0 Å². The molecule has 0 heterocycles. The average molecular weight is 719 g/mol. The number of aliphatic carboxylic acids is 1. The van der Waals surface area contributed by atoms with E-state index >= 15 is 0 Å². The van der Waals surface area contributed by atoms with Crippen LogP contribution in [0.15, 0.2) is 36.4 Å². The third kappa shape index (κ3) is 16.4. The molecule has 17 heteroatoms. The predicted molar refractivity (Wildman–Crippen MR) is 185 cm³/mol. The fourth-order valence-corrected chi connectivity index (χ4v) is 4.76. The summed E-state index contributed by atoms with van der Waals surface area (Å²) in [5, 5.41) is 75.2. The van der Waals surface area contributed by atoms with E-state index in [9.17, 15) is 54.6 Å². The lowest BCUT2D eigenvalue weighted by Gasteiger charge is -2.22. The van der Waals surface area contributed by atoms with Crippen molar-refractivity contribution in [1.82, 2.24) is 31.9 Å². The predicted octanol–water partition coefficient (Wildman–Crippen LogP) is 0.0169. The van der Waals surface area contributed by atoms with Crippen molar-refractivity contribution < 1.29 is 54.6 Å². The Kier molecular flexibility index (Phi) is 18.6. The molecule has 0 aromatic heterocycles. The number of rotatable bonds is 25. The van der Waals surface area contributed by atoms with Crippen LogP contribution in [0.25, 0.3) is 0 Å². The number of aliphatic hydroxyl groups is 1. The van der Waals surface area contributed by atoms with Gasteiger partial charge in [0.2, 0.25) is 11.8 Å². The molecule has 2 rings (SSSR count). The normalized spacial score (nSPS) is 11.1. The van der Waals surface area contributed by atoms with Gasteiger partial charge in [-0.1, -0.05) is 0 Å². The Labute approximate surface area is 295 Å². The number of benzene rings is 2. The highest BCUT2D eigenvalue weighted by Gasteiger charge is 2.40. The highest BCUT2D eigenvalue weighted by molar-refractivity contribution is 5.97. The number of hydrogen-bond donors (Lipinski definition) is 12. The monoisotopic (exact) mass is 718 g/mol. The van der Waals surface area contributed by atoms with Gasteiger partial charge in [0.25, 0.3) is 11.8 Å². The number of carbonyl (C=O) groups is 5. The fraction of sp³-hybridized carbons (Fsp3) is 0.500. The van der Waals surface area contributed by atoms with Crippen molar-refractivity contribution in [3.63, 3.8) is 0 Å². The number of hydrogen-bond acceptors (Lipinski definition) is 12. The van der Waals surface area contributed by atoms with Gasteiger partial charge in [0.1, 0.15) is 23.0 Å². The highest BCUT2D eigenvalue weighted by Crippen LogP contribution is 2.22. The number of carbonyl (C=O) groups excluding carboxylic acids is 4. The zero-order chi connectivity index (χ0) is 37.6. The summed E-state index contributed by atoms with van der Waals surface area (Å²) in [7, 11) is 0. The van der Waals surface area contributed by atoms with Crippen LogP contribution >= 0.6 is 0 Å². The van der Waals surface area contributed by atoms with Crippen molar-refractivity contribution in [2.24, 2.45) is 0 Å². The summed E-state index contributed by atoms with van der Waals surface area (Å²) in [6.07, 6.45) is 2.21. The van der Waals surface area contributed by atoms with Gasteiger partial charge in [-0.2, -0.15) is 0 Å². The molecular formula is C34H50N6O11. The summed E-state index contributed by atoms with van der Waals surface area (Å²) in [4.78, 5) is 60.5. The molecule has 282 valence electrons. The molecule has 0 fully saturated rings. The van der Waals surface area contributed by atoms with Crippen molar-refractivity contribution in [2.75, 3.05) is 52.4 Å². The molecule has 0 saturated carbocycles. The second-order valence-corrected chi connectivity index (χ2v) is 11.9. The lowest BCUT2D eigenvalue weighted by molar-refractivity contribution is -0.164. The number of phenols is 4.